The van der Waals surface area contributed by atoms with Crippen LogP contribution in [0.2, 0.25) is 0 Å². The van der Waals surface area contributed by atoms with Crippen LogP contribution in [-0.2, 0) is 18.9 Å². The van der Waals surface area contributed by atoms with Gasteiger partial charge in [-0.2, -0.15) is 0 Å². The van der Waals surface area contributed by atoms with Gasteiger partial charge in [0.2, 0.25) is 0 Å². The third-order valence-corrected chi connectivity index (χ3v) is 17.4. The van der Waals surface area contributed by atoms with Crippen molar-refractivity contribution in [2.45, 2.75) is 72.8 Å². The first-order valence-electron chi connectivity index (χ1n) is 33.8. The van der Waals surface area contributed by atoms with Crippen LogP contribution >= 0.6 is 0 Å². The number of phenolic OH excluding ortho intramolecular Hbond substituents is 1. The van der Waals surface area contributed by atoms with Gasteiger partial charge in [0.25, 0.3) is 17.7 Å². The average Bonchev–Trinajstić information content (AvgIpc) is 0.819. The Morgan fingerprint density at radius 2 is 0.765 bits per heavy atom. The second-order valence-electron chi connectivity index (χ2n) is 25.9. The molecule has 0 atom stereocenters. The molecule has 0 aromatic heterocycles. The molecule has 2 aliphatic heterocycles. The number of hydrogen-bond acceptors (Lipinski definition) is 15. The minimum Gasteiger partial charge on any atom is -0.508 e. The molecule has 2 fully saturated rings. The summed E-state index contributed by atoms with van der Waals surface area (Å²) in [5, 5.41) is 21.6. The fourth-order valence-corrected chi connectivity index (χ4v) is 11.6. The van der Waals surface area contributed by atoms with E-state index in [1.165, 1.54) is 33.5 Å². The summed E-state index contributed by atoms with van der Waals surface area (Å²) in [6.07, 6.45) is 3.52. The summed E-state index contributed by atoms with van der Waals surface area (Å²) < 4.78 is 32.3. The lowest BCUT2D eigenvalue weighted by Gasteiger charge is -2.33. The zero-order valence-electron chi connectivity index (χ0n) is 59.0. The van der Waals surface area contributed by atoms with Crippen LogP contribution in [0.5, 0.6) is 17.2 Å². The highest BCUT2D eigenvalue weighted by molar-refractivity contribution is 6.11. The van der Waals surface area contributed by atoms with Crippen molar-refractivity contribution in [1.29, 1.82) is 0 Å². The van der Waals surface area contributed by atoms with Gasteiger partial charge in [-0.25, -0.2) is 19.2 Å². The van der Waals surface area contributed by atoms with E-state index in [9.17, 15) is 38.7 Å². The Morgan fingerprint density at radius 1 is 0.422 bits per heavy atom. The highest BCUT2D eigenvalue weighted by Gasteiger charge is 2.28. The third-order valence-electron chi connectivity index (χ3n) is 17.4. The molecule has 9 aromatic carbocycles. The van der Waals surface area contributed by atoms with Gasteiger partial charge >= 0.3 is 24.0 Å². The number of aromatic hydroxyl groups is 1. The van der Waals surface area contributed by atoms with Gasteiger partial charge in [-0.1, -0.05) is 127 Å². The van der Waals surface area contributed by atoms with Gasteiger partial charge in [0.15, 0.2) is 0 Å². The number of rotatable bonds is 18. The first kappa shape index (κ1) is 74.6. The first-order chi connectivity index (χ1) is 49.1. The van der Waals surface area contributed by atoms with Crippen molar-refractivity contribution in [3.8, 4) is 50.6 Å². The van der Waals surface area contributed by atoms with E-state index in [2.05, 4.69) is 21.3 Å². The van der Waals surface area contributed by atoms with Crippen LogP contribution in [0.4, 0.5) is 21.9 Å². The number of hydrogen-bond donors (Lipinski definition) is 5. The van der Waals surface area contributed by atoms with Crippen LogP contribution in [-0.4, -0.2) is 118 Å². The lowest BCUT2D eigenvalue weighted by atomic mass is 9.98. The lowest BCUT2D eigenvalue weighted by Crippen LogP contribution is -2.42. The van der Waals surface area contributed by atoms with Crippen molar-refractivity contribution in [3.63, 3.8) is 0 Å². The van der Waals surface area contributed by atoms with Crippen molar-refractivity contribution >= 4 is 58.8 Å². The maximum absolute atomic E-state index is 13.4. The first-order valence-corrected chi connectivity index (χ1v) is 33.8. The van der Waals surface area contributed by atoms with Gasteiger partial charge in [-0.3, -0.25) is 14.4 Å². The fraction of sp³-hybridized carbons (Fsp3) is 0.265. The quantitative estimate of drug-likeness (QED) is 0.0396. The molecule has 9 aromatic rings. The molecule has 4 amide bonds. The van der Waals surface area contributed by atoms with E-state index in [4.69, 9.17) is 28.4 Å². The smallest absolute Gasteiger partial charge is 0.410 e. The number of aryl methyl sites for hydroxylation is 3. The van der Waals surface area contributed by atoms with Crippen LogP contribution < -0.4 is 30.7 Å². The third kappa shape index (κ3) is 20.5. The molecule has 19 heteroatoms. The van der Waals surface area contributed by atoms with Crippen LogP contribution in [0.25, 0.3) is 33.4 Å². The summed E-state index contributed by atoms with van der Waals surface area (Å²) in [5.41, 5.74) is 10.5. The van der Waals surface area contributed by atoms with Crippen molar-refractivity contribution in [2.24, 2.45) is 11.8 Å². The average molecular weight is 1380 g/mol. The molecule has 11 rings (SSSR count). The Kier molecular flexibility index (Phi) is 26.0. The van der Waals surface area contributed by atoms with E-state index in [0.29, 0.717) is 88.6 Å². The van der Waals surface area contributed by atoms with Gasteiger partial charge < -0.3 is 59.7 Å². The predicted octanol–water partition coefficient (Wildman–Crippen LogP) is 16.2. The predicted molar refractivity (Wildman–Crippen MR) is 396 cm³/mol. The lowest BCUT2D eigenvalue weighted by molar-refractivity contribution is 0.0164. The Balaban J connectivity index is 0.000000182. The number of nitrogens with zero attached hydrogens (tertiary/aromatic N) is 1. The summed E-state index contributed by atoms with van der Waals surface area (Å²) in [6, 6.07) is 60.4. The van der Waals surface area contributed by atoms with Gasteiger partial charge in [-0.05, 0) is 215 Å². The number of carbonyl (C=O) groups is 7. The molecule has 0 saturated carbocycles. The van der Waals surface area contributed by atoms with Gasteiger partial charge in [0, 0.05) is 29.8 Å². The minimum absolute atomic E-state index is 0.00280. The zero-order valence-corrected chi connectivity index (χ0v) is 59.0. The zero-order chi connectivity index (χ0) is 72.9. The highest BCUT2D eigenvalue weighted by atomic mass is 16.6. The van der Waals surface area contributed by atoms with E-state index >= 15 is 0 Å². The number of ether oxygens (including phenoxy) is 6. The molecule has 102 heavy (non-hydrogen) atoms. The summed E-state index contributed by atoms with van der Waals surface area (Å²) in [6.45, 7) is 15.5. The largest absolute Gasteiger partial charge is 0.508 e. The van der Waals surface area contributed by atoms with Crippen molar-refractivity contribution in [1.82, 2.24) is 10.2 Å². The second kappa shape index (κ2) is 35.5. The number of anilines is 3. The second-order valence-corrected chi connectivity index (χ2v) is 25.9. The molecule has 2 aliphatic rings. The summed E-state index contributed by atoms with van der Waals surface area (Å²) >= 11 is 0. The number of nitrogens with one attached hydrogen (secondary N) is 4. The van der Waals surface area contributed by atoms with Crippen LogP contribution in [0.15, 0.2) is 200 Å². The summed E-state index contributed by atoms with van der Waals surface area (Å²) in [7, 11) is 3.93. The molecule has 0 aliphatic carbocycles. The Hall–Kier alpha value is -11.6. The van der Waals surface area contributed by atoms with E-state index in [1.807, 2.05) is 162 Å². The monoisotopic (exact) mass is 1380 g/mol. The molecular weight excluding hydrogens is 1290 g/mol. The number of methoxy groups -OCH3 is 3. The molecule has 2 saturated heterocycles. The van der Waals surface area contributed by atoms with Crippen molar-refractivity contribution in [2.75, 3.05) is 76.7 Å². The molecule has 0 spiro atoms. The van der Waals surface area contributed by atoms with Crippen molar-refractivity contribution in [3.05, 3.63) is 250 Å². The maximum atomic E-state index is 13.4. The number of carbonyl (C=O) groups excluding carboxylic acids is 7. The Labute approximate surface area is 595 Å². The van der Waals surface area contributed by atoms with Gasteiger partial charge in [0.1, 0.15) is 22.8 Å². The summed E-state index contributed by atoms with van der Waals surface area (Å²) in [5.74, 6) is -0.611. The normalized spacial score (nSPS) is 12.9. The molecule has 528 valence electrons. The van der Waals surface area contributed by atoms with Crippen LogP contribution in [0, 0.1) is 32.6 Å². The molecule has 0 bridgehead atoms. The molecule has 2 heterocycles. The number of benzene rings is 9. The standard InChI is InChI=1S/C33H38N2O6.C28H30N2O4.C22H19NO4/c1-22-11-13-26(40-21-23-15-17-35(18-16-23)32(38)41-33(2,3)4)20-28(22)30(36)34-29-19-25(24-9-7-6-8-10-24)12-14-27(29)31(37)39-5;1-19-8-10-23(34-18-20-12-14-29-15-13-20)17-25(19)27(31)30-26-16-22(21-6-4-3-5-7-21)9-11-24(26)28(32)33-2;1-14-8-10-17(24)13-19(14)21(25)23-20-12-16(15-6-4-3-5-7-15)9-11-18(20)22(26)27-2/h6-14,19-20,23H,15-18,21H2,1-5H3,(H,34,36);3-11,16-17,20,29H,12-15,18H2,1-2H3,(H,30,31);3-13,24H,1-2H3,(H,23,25). The molecular formula is C83H87N5O14. The molecule has 0 unspecified atom stereocenters. The minimum atomic E-state index is -0.544. The van der Waals surface area contributed by atoms with E-state index < -0.39 is 29.4 Å². The van der Waals surface area contributed by atoms with E-state index in [0.717, 1.165) is 83.3 Å². The number of esters is 3. The molecule has 19 nitrogen and oxygen atoms in total. The van der Waals surface area contributed by atoms with Gasteiger partial charge in [-0.15, -0.1) is 0 Å². The fourth-order valence-electron chi connectivity index (χ4n) is 11.6. The summed E-state index contributed by atoms with van der Waals surface area (Å²) in [4.78, 5) is 90.4. The van der Waals surface area contributed by atoms with Crippen molar-refractivity contribution < 1.29 is 67.1 Å². The van der Waals surface area contributed by atoms with E-state index in [1.54, 1.807) is 72.5 Å². The number of likely N-dealkylation sites (tertiary alicyclic amines) is 1. The number of amides is 4. The van der Waals surface area contributed by atoms with Crippen LogP contribution in [0.1, 0.15) is 125 Å². The number of phenols is 1. The topological polar surface area (TPSA) is 246 Å². The SMILES string of the molecule is COC(=O)c1ccc(-c2ccccc2)cc1NC(=O)c1cc(O)ccc1C.COC(=O)c1ccc(-c2ccccc2)cc1NC(=O)c1cc(OCC2CCN(C(=O)OC(C)(C)C)CC2)ccc1C.COC(=O)c1ccc(-c2ccccc2)cc1NC(=O)c1cc(OCC2CCNCC2)ccc1C. The molecule has 0 radical (unpaired) electrons. The Bertz CT molecular complexity index is 4430. The number of piperidine rings is 2. The maximum Gasteiger partial charge on any atom is 0.410 e. The Morgan fingerprint density at radius 3 is 1.12 bits per heavy atom. The van der Waals surface area contributed by atoms with E-state index in [-0.39, 0.29) is 40.7 Å². The van der Waals surface area contributed by atoms with Crippen LogP contribution in [0.3, 0.4) is 0 Å². The highest BCUT2D eigenvalue weighted by Crippen LogP contribution is 2.33. The van der Waals surface area contributed by atoms with Gasteiger partial charge in [0.05, 0.1) is 68.3 Å². The molecule has 5 N–H and O–H groups in total.